The molecule has 0 aliphatic carbocycles. The number of hydrogen-bond donors (Lipinski definition) is 0. The molecule has 0 saturated heterocycles. The van der Waals surface area contributed by atoms with Crippen molar-refractivity contribution in [3.8, 4) is 17.4 Å². The molecule has 0 aliphatic heterocycles. The Hall–Kier alpha value is -1.56. The third kappa shape index (κ3) is 2.48. The highest BCUT2D eigenvalue weighted by Gasteiger charge is 2.11. The van der Waals surface area contributed by atoms with Crippen LogP contribution in [0.2, 0.25) is 0 Å². The summed E-state index contributed by atoms with van der Waals surface area (Å²) in [5.41, 5.74) is 0.757. The highest BCUT2D eigenvalue weighted by atomic mass is 79.9. The van der Waals surface area contributed by atoms with Gasteiger partial charge in [-0.2, -0.15) is 0 Å². The van der Waals surface area contributed by atoms with Gasteiger partial charge in [-0.15, -0.1) is 0 Å². The zero-order valence-electron chi connectivity index (χ0n) is 10.1. The van der Waals surface area contributed by atoms with Crippen molar-refractivity contribution in [3.05, 3.63) is 18.5 Å². The largest absolute Gasteiger partial charge is 0.493 e. The summed E-state index contributed by atoms with van der Waals surface area (Å²) >= 11 is 3.31. The lowest BCUT2D eigenvalue weighted by Gasteiger charge is -2.11. The van der Waals surface area contributed by atoms with Crippen LogP contribution in [0.3, 0.4) is 0 Å². The van der Waals surface area contributed by atoms with Gasteiger partial charge in [-0.3, -0.25) is 0 Å². The number of nitrogens with zero attached hydrogens (tertiary/aromatic N) is 2. The van der Waals surface area contributed by atoms with Crippen molar-refractivity contribution in [2.45, 2.75) is 0 Å². The second-order valence-electron chi connectivity index (χ2n) is 3.44. The molecule has 0 aliphatic rings. The van der Waals surface area contributed by atoms with E-state index in [0.717, 1.165) is 16.2 Å². The molecule has 2 aromatic rings. The van der Waals surface area contributed by atoms with Crippen LogP contribution < -0.4 is 14.2 Å². The van der Waals surface area contributed by atoms with E-state index in [9.17, 15) is 0 Å². The molecule has 0 spiro atoms. The Morgan fingerprint density at radius 1 is 1.11 bits per heavy atom. The smallest absolute Gasteiger partial charge is 0.224 e. The number of hydrogen-bond acceptors (Lipinski definition) is 5. The summed E-state index contributed by atoms with van der Waals surface area (Å²) in [6, 6.07) is 3.64. The monoisotopic (exact) mass is 312 g/mol. The Morgan fingerprint density at radius 3 is 2.61 bits per heavy atom. The van der Waals surface area contributed by atoms with E-state index in [-0.39, 0.29) is 0 Å². The number of ether oxygens (including phenoxy) is 3. The van der Waals surface area contributed by atoms with Crippen LogP contribution in [0.5, 0.6) is 17.4 Å². The first kappa shape index (κ1) is 12.9. The maximum atomic E-state index is 5.59. The van der Waals surface area contributed by atoms with Gasteiger partial charge < -0.3 is 14.2 Å². The Morgan fingerprint density at radius 2 is 1.94 bits per heavy atom. The molecule has 0 atom stereocenters. The van der Waals surface area contributed by atoms with Gasteiger partial charge >= 0.3 is 0 Å². The van der Waals surface area contributed by atoms with Crippen molar-refractivity contribution >= 4 is 26.8 Å². The number of halogens is 1. The Labute approximate surface area is 113 Å². The van der Waals surface area contributed by atoms with Crippen LogP contribution in [-0.2, 0) is 0 Å². The van der Waals surface area contributed by atoms with Crippen molar-refractivity contribution in [1.29, 1.82) is 0 Å². The number of fused-ring (bicyclic) bond motifs is 1. The SMILES string of the molecule is COc1cc2c(OC)ncnc2cc1OCCBr. The van der Waals surface area contributed by atoms with E-state index in [0.29, 0.717) is 24.0 Å². The van der Waals surface area contributed by atoms with Gasteiger partial charge in [-0.1, -0.05) is 15.9 Å². The van der Waals surface area contributed by atoms with Crippen LogP contribution in [0.25, 0.3) is 10.9 Å². The summed E-state index contributed by atoms with van der Waals surface area (Å²) in [6.45, 7) is 0.560. The van der Waals surface area contributed by atoms with Crippen molar-refractivity contribution in [1.82, 2.24) is 9.97 Å². The van der Waals surface area contributed by atoms with Crippen LogP contribution in [0.15, 0.2) is 18.5 Å². The highest BCUT2D eigenvalue weighted by Crippen LogP contribution is 2.34. The standard InChI is InChI=1S/C12H13BrN2O3/c1-16-10-5-8-9(6-11(10)18-4-3-13)14-7-15-12(8)17-2/h5-7H,3-4H2,1-2H3. The fourth-order valence-corrected chi connectivity index (χ4v) is 1.79. The van der Waals surface area contributed by atoms with Crippen LogP contribution in [0.4, 0.5) is 0 Å². The lowest BCUT2D eigenvalue weighted by molar-refractivity contribution is 0.315. The van der Waals surface area contributed by atoms with Gasteiger partial charge in [-0.25, -0.2) is 9.97 Å². The zero-order valence-corrected chi connectivity index (χ0v) is 11.7. The van der Waals surface area contributed by atoms with Crippen LogP contribution >= 0.6 is 15.9 Å². The second-order valence-corrected chi connectivity index (χ2v) is 4.23. The van der Waals surface area contributed by atoms with E-state index in [1.165, 1.54) is 6.33 Å². The predicted molar refractivity (Wildman–Crippen MR) is 71.9 cm³/mol. The molecule has 0 unspecified atom stereocenters. The Balaban J connectivity index is 2.53. The maximum Gasteiger partial charge on any atom is 0.224 e. The number of rotatable bonds is 5. The van der Waals surface area contributed by atoms with E-state index in [2.05, 4.69) is 25.9 Å². The summed E-state index contributed by atoms with van der Waals surface area (Å²) in [5, 5.41) is 1.55. The molecule has 0 N–H and O–H groups in total. The fourth-order valence-electron chi connectivity index (χ4n) is 1.62. The first-order chi connectivity index (χ1) is 8.80. The van der Waals surface area contributed by atoms with Gasteiger partial charge in [0.2, 0.25) is 5.88 Å². The minimum Gasteiger partial charge on any atom is -0.493 e. The number of alkyl halides is 1. The molecule has 1 aromatic carbocycles. The number of benzene rings is 1. The molecule has 0 fully saturated rings. The lowest BCUT2D eigenvalue weighted by Crippen LogP contribution is -2.01. The van der Waals surface area contributed by atoms with Crippen molar-refractivity contribution in [3.63, 3.8) is 0 Å². The average Bonchev–Trinajstić information content (AvgIpc) is 2.43. The third-order valence-corrected chi connectivity index (χ3v) is 2.74. The van der Waals surface area contributed by atoms with Gasteiger partial charge in [0.05, 0.1) is 31.7 Å². The minimum atomic E-state index is 0.519. The summed E-state index contributed by atoms with van der Waals surface area (Å²) in [4.78, 5) is 8.25. The molecule has 1 heterocycles. The molecular formula is C12H13BrN2O3. The highest BCUT2D eigenvalue weighted by molar-refractivity contribution is 9.09. The van der Waals surface area contributed by atoms with E-state index in [1.54, 1.807) is 14.2 Å². The molecular weight excluding hydrogens is 300 g/mol. The third-order valence-electron chi connectivity index (χ3n) is 2.41. The molecule has 6 heteroatoms. The molecule has 0 saturated carbocycles. The average molecular weight is 313 g/mol. The van der Waals surface area contributed by atoms with Crippen molar-refractivity contribution < 1.29 is 14.2 Å². The number of aromatic nitrogens is 2. The molecule has 5 nitrogen and oxygen atoms in total. The summed E-state index contributed by atoms with van der Waals surface area (Å²) in [5.74, 6) is 1.81. The summed E-state index contributed by atoms with van der Waals surface area (Å²) in [7, 11) is 3.17. The van der Waals surface area contributed by atoms with Crippen LogP contribution in [0, 0.1) is 0 Å². The van der Waals surface area contributed by atoms with Gasteiger partial charge in [0.1, 0.15) is 6.33 Å². The van der Waals surface area contributed by atoms with Gasteiger partial charge in [0, 0.05) is 11.4 Å². The normalized spacial score (nSPS) is 10.4. The van der Waals surface area contributed by atoms with E-state index >= 15 is 0 Å². The Bertz CT molecular complexity index is 548. The predicted octanol–water partition coefficient (Wildman–Crippen LogP) is 2.42. The maximum absolute atomic E-state index is 5.59. The van der Waals surface area contributed by atoms with Crippen LogP contribution in [0.1, 0.15) is 0 Å². The van der Waals surface area contributed by atoms with Crippen molar-refractivity contribution in [2.24, 2.45) is 0 Å². The molecule has 2 rings (SSSR count). The van der Waals surface area contributed by atoms with Crippen LogP contribution in [-0.4, -0.2) is 36.1 Å². The van der Waals surface area contributed by atoms with Gasteiger partial charge in [0.15, 0.2) is 11.5 Å². The molecule has 0 bridgehead atoms. The fraction of sp³-hybridized carbons (Fsp3) is 0.333. The molecule has 0 radical (unpaired) electrons. The van der Waals surface area contributed by atoms with E-state index < -0.39 is 0 Å². The van der Waals surface area contributed by atoms with E-state index in [4.69, 9.17) is 14.2 Å². The second kappa shape index (κ2) is 5.86. The molecule has 0 amide bonds. The minimum absolute atomic E-state index is 0.519. The Kier molecular flexibility index (Phi) is 4.19. The lowest BCUT2D eigenvalue weighted by atomic mass is 10.2. The van der Waals surface area contributed by atoms with E-state index in [1.807, 2.05) is 12.1 Å². The first-order valence-corrected chi connectivity index (χ1v) is 6.47. The van der Waals surface area contributed by atoms with Gasteiger partial charge in [-0.05, 0) is 6.07 Å². The molecule has 18 heavy (non-hydrogen) atoms. The van der Waals surface area contributed by atoms with Gasteiger partial charge in [0.25, 0.3) is 0 Å². The quantitative estimate of drug-likeness (QED) is 0.794. The topological polar surface area (TPSA) is 53.5 Å². The summed E-state index contributed by atoms with van der Waals surface area (Å²) in [6.07, 6.45) is 1.46. The molecule has 1 aromatic heterocycles. The first-order valence-electron chi connectivity index (χ1n) is 5.35. The molecule has 96 valence electrons. The zero-order chi connectivity index (χ0) is 13.0. The van der Waals surface area contributed by atoms with Crippen molar-refractivity contribution in [2.75, 3.05) is 26.2 Å². The number of methoxy groups -OCH3 is 2. The summed E-state index contributed by atoms with van der Waals surface area (Å²) < 4.78 is 16.1.